The van der Waals surface area contributed by atoms with Crippen molar-refractivity contribution in [2.75, 3.05) is 5.75 Å². The van der Waals surface area contributed by atoms with Gasteiger partial charge in [-0.15, -0.1) is 11.8 Å². The molecule has 0 radical (unpaired) electrons. The highest BCUT2D eigenvalue weighted by Crippen LogP contribution is 2.20. The van der Waals surface area contributed by atoms with Crippen molar-refractivity contribution in [3.63, 3.8) is 0 Å². The number of hydrogen-bond acceptors (Lipinski definition) is 3. The summed E-state index contributed by atoms with van der Waals surface area (Å²) in [6, 6.07) is 21.3. The van der Waals surface area contributed by atoms with E-state index in [4.69, 9.17) is 0 Å². The van der Waals surface area contributed by atoms with Crippen LogP contribution < -0.4 is 5.32 Å². The second-order valence-corrected chi connectivity index (χ2v) is 9.71. The molecule has 0 aliphatic carbocycles. The van der Waals surface area contributed by atoms with Gasteiger partial charge in [-0.3, -0.25) is 9.59 Å². The molecule has 0 spiro atoms. The standard InChI is InChI=1S/C29H32F2N2O2S/c1-3-21(2)32-29(35)27(17-22-11-5-4-6-12-22)33(18-23-13-7-9-15-25(23)30)28(34)20-36-19-24-14-8-10-16-26(24)31/h4-16,21,27H,3,17-20H2,1-2H3,(H,32,35)/t21-,27-/m1/s1. The van der Waals surface area contributed by atoms with E-state index in [1.165, 1.54) is 28.8 Å². The van der Waals surface area contributed by atoms with Crippen molar-refractivity contribution in [1.29, 1.82) is 0 Å². The number of thioether (sulfide) groups is 1. The van der Waals surface area contributed by atoms with Crippen LogP contribution >= 0.6 is 11.8 Å². The number of rotatable bonds is 12. The summed E-state index contributed by atoms with van der Waals surface area (Å²) in [6.07, 6.45) is 1.03. The summed E-state index contributed by atoms with van der Waals surface area (Å²) >= 11 is 1.27. The summed E-state index contributed by atoms with van der Waals surface area (Å²) in [7, 11) is 0. The van der Waals surface area contributed by atoms with E-state index in [0.717, 1.165) is 12.0 Å². The number of hydrogen-bond donors (Lipinski definition) is 1. The lowest BCUT2D eigenvalue weighted by Gasteiger charge is -2.32. The third-order valence-electron chi connectivity index (χ3n) is 6.01. The molecule has 0 aliphatic rings. The maximum atomic E-state index is 14.6. The molecule has 4 nitrogen and oxygen atoms in total. The minimum absolute atomic E-state index is 0.0324. The van der Waals surface area contributed by atoms with Crippen molar-refractivity contribution in [3.05, 3.63) is 107 Å². The van der Waals surface area contributed by atoms with Crippen LogP contribution in [0.25, 0.3) is 0 Å². The number of halogens is 2. The number of benzene rings is 3. The van der Waals surface area contributed by atoms with Crippen LogP contribution in [-0.2, 0) is 28.3 Å². The Morgan fingerprint density at radius 2 is 1.47 bits per heavy atom. The van der Waals surface area contributed by atoms with Crippen molar-refractivity contribution >= 4 is 23.6 Å². The molecule has 36 heavy (non-hydrogen) atoms. The highest BCUT2D eigenvalue weighted by atomic mass is 32.2. The molecule has 1 N–H and O–H groups in total. The summed E-state index contributed by atoms with van der Waals surface area (Å²) in [5, 5.41) is 2.99. The highest BCUT2D eigenvalue weighted by molar-refractivity contribution is 7.99. The Bertz CT molecular complexity index is 1140. The topological polar surface area (TPSA) is 49.4 Å². The van der Waals surface area contributed by atoms with Gasteiger partial charge in [0.25, 0.3) is 0 Å². The predicted octanol–water partition coefficient (Wildman–Crippen LogP) is 5.75. The Kier molecular flexibility index (Phi) is 10.5. The van der Waals surface area contributed by atoms with Gasteiger partial charge in [0.1, 0.15) is 17.7 Å². The largest absolute Gasteiger partial charge is 0.352 e. The minimum atomic E-state index is -0.831. The SMILES string of the molecule is CC[C@@H](C)NC(=O)[C@@H](Cc1ccccc1)N(Cc1ccccc1F)C(=O)CSCc1ccccc1F. The van der Waals surface area contributed by atoms with Crippen LogP contribution in [0.1, 0.15) is 37.0 Å². The van der Waals surface area contributed by atoms with Crippen molar-refractivity contribution < 1.29 is 18.4 Å². The first kappa shape index (κ1) is 27.4. The molecule has 0 bridgehead atoms. The lowest BCUT2D eigenvalue weighted by molar-refractivity contribution is -0.139. The van der Waals surface area contributed by atoms with E-state index in [-0.39, 0.29) is 36.0 Å². The van der Waals surface area contributed by atoms with E-state index < -0.39 is 11.9 Å². The monoisotopic (exact) mass is 510 g/mol. The first-order valence-corrected chi connectivity index (χ1v) is 13.2. The molecule has 3 aromatic rings. The van der Waals surface area contributed by atoms with Gasteiger partial charge >= 0.3 is 0 Å². The van der Waals surface area contributed by atoms with Crippen LogP contribution in [0.5, 0.6) is 0 Å². The van der Waals surface area contributed by atoms with E-state index in [2.05, 4.69) is 5.32 Å². The van der Waals surface area contributed by atoms with Gasteiger partial charge in [-0.05, 0) is 36.6 Å². The molecule has 7 heteroatoms. The van der Waals surface area contributed by atoms with Gasteiger partial charge < -0.3 is 10.2 Å². The van der Waals surface area contributed by atoms with E-state index in [9.17, 15) is 18.4 Å². The average Bonchev–Trinajstić information content (AvgIpc) is 2.88. The van der Waals surface area contributed by atoms with Crippen molar-refractivity contribution in [1.82, 2.24) is 10.2 Å². The number of nitrogens with one attached hydrogen (secondary N) is 1. The Hall–Kier alpha value is -3.19. The number of carbonyl (C=O) groups is 2. The summed E-state index contributed by atoms with van der Waals surface area (Å²) < 4.78 is 28.6. The van der Waals surface area contributed by atoms with Crippen LogP contribution in [0.3, 0.4) is 0 Å². The third-order valence-corrected chi connectivity index (χ3v) is 6.98. The smallest absolute Gasteiger partial charge is 0.243 e. The quantitative estimate of drug-likeness (QED) is 0.337. The van der Waals surface area contributed by atoms with Crippen molar-refractivity contribution in [2.45, 2.75) is 51.1 Å². The lowest BCUT2D eigenvalue weighted by Crippen LogP contribution is -2.52. The molecule has 0 aliphatic heterocycles. The number of carbonyl (C=O) groups excluding carboxylic acids is 2. The molecule has 3 aromatic carbocycles. The zero-order valence-corrected chi connectivity index (χ0v) is 21.4. The molecule has 190 valence electrons. The van der Waals surface area contributed by atoms with Gasteiger partial charge in [0.2, 0.25) is 11.8 Å². The molecule has 0 heterocycles. The van der Waals surface area contributed by atoms with Crippen LogP contribution in [0.2, 0.25) is 0 Å². The van der Waals surface area contributed by atoms with E-state index in [1.807, 2.05) is 44.2 Å². The van der Waals surface area contributed by atoms with Crippen molar-refractivity contribution in [3.8, 4) is 0 Å². The lowest BCUT2D eigenvalue weighted by atomic mass is 10.0. The Labute approximate surface area is 216 Å². The zero-order valence-electron chi connectivity index (χ0n) is 20.6. The van der Waals surface area contributed by atoms with Gasteiger partial charge in [0, 0.05) is 30.3 Å². The first-order valence-electron chi connectivity index (χ1n) is 12.1. The van der Waals surface area contributed by atoms with Crippen LogP contribution in [0.4, 0.5) is 8.78 Å². The Morgan fingerprint density at radius 3 is 2.08 bits per heavy atom. The van der Waals surface area contributed by atoms with Gasteiger partial charge in [0.05, 0.1) is 5.75 Å². The molecule has 0 aromatic heterocycles. The Balaban J connectivity index is 1.87. The third kappa shape index (κ3) is 7.92. The molecule has 0 fully saturated rings. The molecular weight excluding hydrogens is 478 g/mol. The maximum Gasteiger partial charge on any atom is 0.243 e. The van der Waals surface area contributed by atoms with Crippen molar-refractivity contribution in [2.24, 2.45) is 0 Å². The van der Waals surface area contributed by atoms with Gasteiger partial charge in [-0.1, -0.05) is 73.7 Å². The molecule has 3 rings (SSSR count). The molecule has 0 saturated carbocycles. The zero-order chi connectivity index (χ0) is 25.9. The molecule has 0 saturated heterocycles. The second-order valence-electron chi connectivity index (χ2n) is 8.72. The summed E-state index contributed by atoms with van der Waals surface area (Å²) in [5.41, 5.74) is 1.73. The van der Waals surface area contributed by atoms with Gasteiger partial charge in [-0.2, -0.15) is 0 Å². The molecule has 2 amide bonds. The Morgan fingerprint density at radius 1 is 0.889 bits per heavy atom. The fourth-order valence-corrected chi connectivity index (χ4v) is 4.65. The maximum absolute atomic E-state index is 14.6. The van der Waals surface area contributed by atoms with Crippen LogP contribution in [0, 0.1) is 11.6 Å². The van der Waals surface area contributed by atoms with Crippen LogP contribution in [0.15, 0.2) is 78.9 Å². The summed E-state index contributed by atoms with van der Waals surface area (Å²) in [6.45, 7) is 3.83. The minimum Gasteiger partial charge on any atom is -0.352 e. The van der Waals surface area contributed by atoms with Gasteiger partial charge in [0.15, 0.2) is 0 Å². The fraction of sp³-hybridized carbons (Fsp3) is 0.310. The van der Waals surface area contributed by atoms with E-state index in [1.54, 1.807) is 36.4 Å². The number of nitrogens with zero attached hydrogens (tertiary/aromatic N) is 1. The highest BCUT2D eigenvalue weighted by Gasteiger charge is 2.31. The molecular formula is C29H32F2N2O2S. The first-order chi connectivity index (χ1) is 17.4. The predicted molar refractivity (Wildman–Crippen MR) is 141 cm³/mol. The average molecular weight is 511 g/mol. The van der Waals surface area contributed by atoms with Gasteiger partial charge in [-0.25, -0.2) is 8.78 Å². The second kappa shape index (κ2) is 13.8. The summed E-state index contributed by atoms with van der Waals surface area (Å²) in [5.74, 6) is -0.999. The molecule has 0 unspecified atom stereocenters. The number of amides is 2. The molecule has 2 atom stereocenters. The fourth-order valence-electron chi connectivity index (χ4n) is 3.75. The van der Waals surface area contributed by atoms with E-state index in [0.29, 0.717) is 23.3 Å². The van der Waals surface area contributed by atoms with E-state index >= 15 is 0 Å². The normalized spacial score (nSPS) is 12.6. The summed E-state index contributed by atoms with van der Waals surface area (Å²) in [4.78, 5) is 28.4. The van der Waals surface area contributed by atoms with Crippen LogP contribution in [-0.4, -0.2) is 34.6 Å².